The number of rotatable bonds is 5. The molecule has 5 nitrogen and oxygen atoms in total. The summed E-state index contributed by atoms with van der Waals surface area (Å²) in [7, 11) is 1.62. The van der Waals surface area contributed by atoms with Gasteiger partial charge in [-0.3, -0.25) is 4.79 Å². The molecule has 2 N–H and O–H groups in total. The van der Waals surface area contributed by atoms with Crippen molar-refractivity contribution in [3.63, 3.8) is 0 Å². The highest BCUT2D eigenvalue weighted by Crippen LogP contribution is 2.22. The van der Waals surface area contributed by atoms with Crippen molar-refractivity contribution >= 4 is 18.3 Å². The highest BCUT2D eigenvalue weighted by Gasteiger charge is 2.29. The van der Waals surface area contributed by atoms with Gasteiger partial charge < -0.3 is 20.1 Å². The van der Waals surface area contributed by atoms with Crippen LogP contribution in [0.5, 0.6) is 11.5 Å². The van der Waals surface area contributed by atoms with E-state index in [1.807, 2.05) is 36.1 Å². The second kappa shape index (κ2) is 8.99. The van der Waals surface area contributed by atoms with Gasteiger partial charge in [-0.2, -0.15) is 0 Å². The van der Waals surface area contributed by atoms with Gasteiger partial charge >= 0.3 is 0 Å². The molecule has 23 heavy (non-hydrogen) atoms. The summed E-state index contributed by atoms with van der Waals surface area (Å²) < 4.78 is 10.9. The smallest absolute Gasteiger partial charge is 0.263 e. The lowest BCUT2D eigenvalue weighted by molar-refractivity contribution is -0.139. The van der Waals surface area contributed by atoms with E-state index in [1.54, 1.807) is 14.0 Å². The minimum Gasteiger partial charge on any atom is -0.497 e. The number of nitrogens with zero attached hydrogens (tertiary/aromatic N) is 1. The van der Waals surface area contributed by atoms with Crippen LogP contribution in [0.1, 0.15) is 26.7 Å². The Morgan fingerprint density at radius 1 is 1.26 bits per heavy atom. The second-order valence-corrected chi connectivity index (χ2v) is 5.98. The number of benzene rings is 1. The molecule has 1 fully saturated rings. The molecule has 1 heterocycles. The number of likely N-dealkylation sites (tertiary alicyclic amines) is 1. The van der Waals surface area contributed by atoms with E-state index in [2.05, 4.69) is 0 Å². The molecule has 1 aromatic carbocycles. The third kappa shape index (κ3) is 5.29. The molecule has 0 spiro atoms. The van der Waals surface area contributed by atoms with Crippen LogP contribution in [0.3, 0.4) is 0 Å². The first-order valence-electron chi connectivity index (χ1n) is 7.86. The van der Waals surface area contributed by atoms with Gasteiger partial charge in [0.05, 0.1) is 7.11 Å². The van der Waals surface area contributed by atoms with Crippen molar-refractivity contribution in [3.05, 3.63) is 24.3 Å². The molecule has 0 bridgehead atoms. The van der Waals surface area contributed by atoms with Crippen molar-refractivity contribution in [2.45, 2.75) is 38.8 Å². The third-order valence-corrected chi connectivity index (χ3v) is 4.23. The molecule has 0 aromatic heterocycles. The normalized spacial score (nSPS) is 20.2. The highest BCUT2D eigenvalue weighted by molar-refractivity contribution is 5.85. The lowest BCUT2D eigenvalue weighted by Crippen LogP contribution is -2.48. The predicted molar refractivity (Wildman–Crippen MR) is 93.3 cm³/mol. The summed E-state index contributed by atoms with van der Waals surface area (Å²) >= 11 is 0. The summed E-state index contributed by atoms with van der Waals surface area (Å²) in [5.74, 6) is 1.84. The molecule has 6 heteroatoms. The second-order valence-electron chi connectivity index (χ2n) is 5.98. The maximum Gasteiger partial charge on any atom is 0.263 e. The summed E-state index contributed by atoms with van der Waals surface area (Å²) in [5.41, 5.74) is 5.98. The Bertz CT molecular complexity index is 493. The van der Waals surface area contributed by atoms with Gasteiger partial charge in [-0.1, -0.05) is 0 Å². The quantitative estimate of drug-likeness (QED) is 0.892. The number of methoxy groups -OCH3 is 1. The summed E-state index contributed by atoms with van der Waals surface area (Å²) in [6, 6.07) is 7.38. The molecule has 2 rings (SSSR count). The average molecular weight is 343 g/mol. The Kier molecular flexibility index (Phi) is 7.65. The van der Waals surface area contributed by atoms with E-state index in [1.165, 1.54) is 0 Å². The van der Waals surface area contributed by atoms with E-state index in [9.17, 15) is 4.79 Å². The van der Waals surface area contributed by atoms with Gasteiger partial charge in [0.15, 0.2) is 6.10 Å². The van der Waals surface area contributed by atoms with E-state index < -0.39 is 6.10 Å². The van der Waals surface area contributed by atoms with Crippen LogP contribution < -0.4 is 15.2 Å². The standard InChI is InChI=1S/C17H26N2O3.ClH/c1-12(18)14-5-4-10-19(11-14)17(20)13(2)22-16-8-6-15(21-3)7-9-16;/h6-9,12-14H,4-5,10-11,18H2,1-3H3;1H. The zero-order valence-corrected chi connectivity index (χ0v) is 14.8. The maximum absolute atomic E-state index is 12.5. The van der Waals surface area contributed by atoms with Gasteiger partial charge in [0, 0.05) is 19.1 Å². The van der Waals surface area contributed by atoms with Crippen LogP contribution in [0, 0.1) is 5.92 Å². The molecule has 1 aliphatic heterocycles. The minimum absolute atomic E-state index is 0. The van der Waals surface area contributed by atoms with Crippen LogP contribution >= 0.6 is 12.4 Å². The molecule has 3 atom stereocenters. The van der Waals surface area contributed by atoms with Crippen LogP contribution in [0.15, 0.2) is 24.3 Å². The molecule has 130 valence electrons. The lowest BCUT2D eigenvalue weighted by Gasteiger charge is -2.35. The number of carbonyl (C=O) groups is 1. The van der Waals surface area contributed by atoms with Crippen molar-refractivity contribution in [1.29, 1.82) is 0 Å². The Morgan fingerprint density at radius 3 is 2.43 bits per heavy atom. The van der Waals surface area contributed by atoms with Crippen molar-refractivity contribution in [2.24, 2.45) is 11.7 Å². The maximum atomic E-state index is 12.5. The van der Waals surface area contributed by atoms with E-state index in [4.69, 9.17) is 15.2 Å². The number of carbonyl (C=O) groups excluding carboxylic acids is 1. The van der Waals surface area contributed by atoms with Crippen LogP contribution in [-0.2, 0) is 4.79 Å². The largest absolute Gasteiger partial charge is 0.497 e. The fraction of sp³-hybridized carbons (Fsp3) is 0.588. The van der Waals surface area contributed by atoms with E-state index in [0.29, 0.717) is 11.7 Å². The molecule has 0 aliphatic carbocycles. The molecule has 1 aromatic rings. The molecular weight excluding hydrogens is 316 g/mol. The van der Waals surface area contributed by atoms with E-state index in [-0.39, 0.29) is 24.4 Å². The van der Waals surface area contributed by atoms with Crippen LogP contribution in [0.25, 0.3) is 0 Å². The van der Waals surface area contributed by atoms with Crippen LogP contribution in [0.2, 0.25) is 0 Å². The van der Waals surface area contributed by atoms with Crippen LogP contribution in [0.4, 0.5) is 0 Å². The Morgan fingerprint density at radius 2 is 1.87 bits per heavy atom. The first-order valence-corrected chi connectivity index (χ1v) is 7.86. The molecule has 1 aliphatic rings. The fourth-order valence-corrected chi connectivity index (χ4v) is 2.81. The zero-order chi connectivity index (χ0) is 16.1. The lowest BCUT2D eigenvalue weighted by atomic mass is 9.92. The highest BCUT2D eigenvalue weighted by atomic mass is 35.5. The van der Waals surface area contributed by atoms with Gasteiger partial charge in [-0.05, 0) is 56.9 Å². The number of piperidine rings is 1. The van der Waals surface area contributed by atoms with E-state index >= 15 is 0 Å². The SMILES string of the molecule is COc1ccc(OC(C)C(=O)N2CCCC(C(C)N)C2)cc1.Cl. The van der Waals surface area contributed by atoms with Gasteiger partial charge in [-0.25, -0.2) is 0 Å². The summed E-state index contributed by atoms with van der Waals surface area (Å²) in [5, 5.41) is 0. The monoisotopic (exact) mass is 342 g/mol. The van der Waals surface area contributed by atoms with Crippen molar-refractivity contribution in [2.75, 3.05) is 20.2 Å². The van der Waals surface area contributed by atoms with Crippen molar-refractivity contribution in [3.8, 4) is 11.5 Å². The molecule has 1 amide bonds. The Balaban J connectivity index is 0.00000264. The number of halogens is 1. The average Bonchev–Trinajstić information content (AvgIpc) is 2.54. The van der Waals surface area contributed by atoms with Crippen LogP contribution in [-0.4, -0.2) is 43.2 Å². The van der Waals surface area contributed by atoms with Gasteiger partial charge in [-0.15, -0.1) is 12.4 Å². The predicted octanol–water partition coefficient (Wildman–Crippen LogP) is 2.47. The summed E-state index contributed by atoms with van der Waals surface area (Å²) in [6.07, 6.45) is 1.60. The summed E-state index contributed by atoms with van der Waals surface area (Å²) in [6.45, 7) is 5.32. The molecule has 3 unspecified atom stereocenters. The van der Waals surface area contributed by atoms with Crippen molar-refractivity contribution in [1.82, 2.24) is 4.90 Å². The van der Waals surface area contributed by atoms with Gasteiger partial charge in [0.1, 0.15) is 11.5 Å². The topological polar surface area (TPSA) is 64.8 Å². The number of nitrogens with two attached hydrogens (primary N) is 1. The molecule has 1 saturated heterocycles. The van der Waals surface area contributed by atoms with Gasteiger partial charge in [0.2, 0.25) is 0 Å². The van der Waals surface area contributed by atoms with Crippen molar-refractivity contribution < 1.29 is 14.3 Å². The molecule has 0 saturated carbocycles. The molecule has 0 radical (unpaired) electrons. The Labute approximate surface area is 144 Å². The number of hydrogen-bond acceptors (Lipinski definition) is 4. The van der Waals surface area contributed by atoms with E-state index in [0.717, 1.165) is 31.7 Å². The number of hydrogen-bond donors (Lipinski definition) is 1. The number of ether oxygens (including phenoxy) is 2. The molecular formula is C17H27ClN2O3. The summed E-state index contributed by atoms with van der Waals surface area (Å²) in [4.78, 5) is 14.4. The number of amides is 1. The minimum atomic E-state index is -0.500. The first kappa shape index (κ1) is 19.6. The van der Waals surface area contributed by atoms with Gasteiger partial charge in [0.25, 0.3) is 5.91 Å². The fourth-order valence-electron chi connectivity index (χ4n) is 2.81. The zero-order valence-electron chi connectivity index (χ0n) is 14.0. The first-order chi connectivity index (χ1) is 10.5. The Hall–Kier alpha value is -1.46. The third-order valence-electron chi connectivity index (χ3n) is 4.23.